The Labute approximate surface area is 249 Å². The molecule has 0 aliphatic carbocycles. The van der Waals surface area contributed by atoms with E-state index in [9.17, 15) is 18.0 Å². The highest BCUT2D eigenvalue weighted by Crippen LogP contribution is 2.38. The summed E-state index contributed by atoms with van der Waals surface area (Å²) in [6.07, 6.45) is 0.778. The van der Waals surface area contributed by atoms with Crippen molar-refractivity contribution in [2.45, 2.75) is 23.6 Å². The molecule has 10 heteroatoms. The van der Waals surface area contributed by atoms with Gasteiger partial charge in [0.15, 0.2) is 0 Å². The van der Waals surface area contributed by atoms with Gasteiger partial charge in [-0.2, -0.15) is 0 Å². The second-order valence-electron chi connectivity index (χ2n) is 9.60. The lowest BCUT2D eigenvalue weighted by Crippen LogP contribution is -2.30. The van der Waals surface area contributed by atoms with Crippen LogP contribution in [0.15, 0.2) is 102 Å². The van der Waals surface area contributed by atoms with Crippen molar-refractivity contribution in [3.63, 3.8) is 0 Å². The summed E-state index contributed by atoms with van der Waals surface area (Å²) in [5.41, 5.74) is 4.09. The number of halogens is 1. The van der Waals surface area contributed by atoms with Crippen LogP contribution >= 0.6 is 23.4 Å². The molecule has 41 heavy (non-hydrogen) atoms. The Hall–Kier alpha value is -3.79. The van der Waals surface area contributed by atoms with E-state index in [1.807, 2.05) is 35.2 Å². The Morgan fingerprint density at radius 3 is 2.37 bits per heavy atom. The number of anilines is 2. The first kappa shape index (κ1) is 28.7. The summed E-state index contributed by atoms with van der Waals surface area (Å²) in [6, 6.07) is 28.2. The van der Waals surface area contributed by atoms with Gasteiger partial charge in [-0.05, 0) is 78.6 Å². The zero-order valence-corrected chi connectivity index (χ0v) is 24.6. The number of amides is 2. The predicted octanol–water partition coefficient (Wildman–Crippen LogP) is 6.52. The van der Waals surface area contributed by atoms with Crippen LogP contribution in [0.4, 0.5) is 11.4 Å². The number of benzene rings is 4. The molecule has 4 aromatic carbocycles. The number of nitrogens with zero attached hydrogens (tertiary/aromatic N) is 1. The van der Waals surface area contributed by atoms with Gasteiger partial charge in [-0.15, -0.1) is 11.8 Å². The molecule has 210 valence electrons. The molecule has 0 bridgehead atoms. The van der Waals surface area contributed by atoms with Crippen molar-refractivity contribution in [2.75, 3.05) is 22.3 Å². The number of hydrogen-bond donors (Lipinski definition) is 2. The minimum Gasteiger partial charge on any atom is -0.326 e. The van der Waals surface area contributed by atoms with Crippen LogP contribution < -0.4 is 10.0 Å². The zero-order valence-electron chi connectivity index (χ0n) is 22.2. The van der Waals surface area contributed by atoms with Gasteiger partial charge in [-0.25, -0.2) is 8.42 Å². The normalized spacial score (nSPS) is 15.1. The van der Waals surface area contributed by atoms with Crippen molar-refractivity contribution in [3.8, 4) is 0 Å². The largest absolute Gasteiger partial charge is 0.326 e. The fourth-order valence-corrected chi connectivity index (χ4v) is 7.02. The number of nitrogens with one attached hydrogen (secondary N) is 2. The van der Waals surface area contributed by atoms with Crippen molar-refractivity contribution < 1.29 is 18.0 Å². The van der Waals surface area contributed by atoms with Crippen molar-refractivity contribution in [2.24, 2.45) is 0 Å². The first-order chi connectivity index (χ1) is 19.7. The molecule has 0 aromatic heterocycles. The molecule has 7 nitrogen and oxygen atoms in total. The second-order valence-corrected chi connectivity index (χ2v) is 12.8. The molecule has 0 radical (unpaired) electrons. The van der Waals surface area contributed by atoms with Crippen molar-refractivity contribution >= 4 is 56.6 Å². The molecular weight excluding hydrogens is 578 g/mol. The van der Waals surface area contributed by atoms with E-state index in [-0.39, 0.29) is 22.1 Å². The highest BCUT2D eigenvalue weighted by Gasteiger charge is 2.32. The fraction of sp³-hybridized carbons (Fsp3) is 0.161. The second kappa shape index (κ2) is 12.4. The molecule has 2 amide bonds. The van der Waals surface area contributed by atoms with E-state index in [4.69, 9.17) is 11.6 Å². The Morgan fingerprint density at radius 2 is 1.66 bits per heavy atom. The smallest absolute Gasteiger partial charge is 0.261 e. The molecule has 1 heterocycles. The van der Waals surface area contributed by atoms with E-state index in [2.05, 4.69) is 22.2 Å². The summed E-state index contributed by atoms with van der Waals surface area (Å²) in [5, 5.41) is 3.17. The average molecular weight is 606 g/mol. The van der Waals surface area contributed by atoms with E-state index < -0.39 is 10.0 Å². The highest BCUT2D eigenvalue weighted by atomic mass is 35.5. The minimum absolute atomic E-state index is 0.0552. The third-order valence-electron chi connectivity index (χ3n) is 6.84. The average Bonchev–Trinajstić information content (AvgIpc) is 3.35. The molecule has 5 rings (SSSR count). The Bertz CT molecular complexity index is 1660. The van der Waals surface area contributed by atoms with Gasteiger partial charge in [0.1, 0.15) is 5.37 Å². The molecule has 1 saturated heterocycles. The summed E-state index contributed by atoms with van der Waals surface area (Å²) in [7, 11) is -3.84. The summed E-state index contributed by atoms with van der Waals surface area (Å²) in [6.45, 7) is 2.36. The van der Waals surface area contributed by atoms with Crippen LogP contribution in [-0.4, -0.2) is 37.4 Å². The van der Waals surface area contributed by atoms with E-state index in [1.54, 1.807) is 49.0 Å². The van der Waals surface area contributed by atoms with Crippen LogP contribution in [0.1, 0.15) is 32.4 Å². The maximum absolute atomic E-state index is 12.9. The molecule has 1 atom stereocenters. The number of hydrogen-bond acceptors (Lipinski definition) is 5. The van der Waals surface area contributed by atoms with Gasteiger partial charge in [-0.3, -0.25) is 14.3 Å². The number of carbonyl (C=O) groups is 2. The van der Waals surface area contributed by atoms with Crippen molar-refractivity contribution in [1.29, 1.82) is 0 Å². The van der Waals surface area contributed by atoms with Gasteiger partial charge in [0, 0.05) is 22.8 Å². The molecule has 4 aromatic rings. The van der Waals surface area contributed by atoms with Gasteiger partial charge in [0.2, 0.25) is 5.91 Å². The molecule has 0 unspecified atom stereocenters. The summed E-state index contributed by atoms with van der Waals surface area (Å²) in [4.78, 5) is 27.4. The maximum Gasteiger partial charge on any atom is 0.261 e. The fourth-order valence-electron chi connectivity index (χ4n) is 4.51. The van der Waals surface area contributed by atoms with E-state index in [1.165, 1.54) is 29.8 Å². The number of rotatable bonds is 9. The summed E-state index contributed by atoms with van der Waals surface area (Å²) >= 11 is 7.69. The number of sulfonamides is 1. The lowest BCUT2D eigenvalue weighted by molar-refractivity contribution is -0.128. The van der Waals surface area contributed by atoms with Crippen LogP contribution in [0.25, 0.3) is 0 Å². The Balaban J connectivity index is 1.21. The zero-order chi connectivity index (χ0) is 29.0. The third-order valence-corrected chi connectivity index (χ3v) is 9.89. The molecule has 2 N–H and O–H groups in total. The third kappa shape index (κ3) is 6.75. The molecular formula is C31H28ClN3O4S2. The van der Waals surface area contributed by atoms with Crippen molar-refractivity contribution in [1.82, 2.24) is 4.90 Å². The van der Waals surface area contributed by atoms with Crippen LogP contribution in [-0.2, 0) is 21.2 Å². The number of thioether (sulfide) groups is 1. The predicted molar refractivity (Wildman–Crippen MR) is 165 cm³/mol. The monoisotopic (exact) mass is 605 g/mol. The van der Waals surface area contributed by atoms with E-state index in [0.717, 1.165) is 12.0 Å². The maximum atomic E-state index is 12.9. The molecule has 1 aliphatic heterocycles. The van der Waals surface area contributed by atoms with Crippen molar-refractivity contribution in [3.05, 3.63) is 124 Å². The number of carbonyl (C=O) groups excluding carboxylic acids is 2. The Kier molecular flexibility index (Phi) is 8.68. The quantitative estimate of drug-likeness (QED) is 0.226. The van der Waals surface area contributed by atoms with E-state index >= 15 is 0 Å². The lowest BCUT2D eigenvalue weighted by Gasteiger charge is -2.24. The summed E-state index contributed by atoms with van der Waals surface area (Å²) in [5.74, 6) is 0.221. The molecule has 0 saturated carbocycles. The first-order valence-electron chi connectivity index (χ1n) is 13.0. The molecule has 0 spiro atoms. The van der Waals surface area contributed by atoms with Gasteiger partial charge >= 0.3 is 0 Å². The highest BCUT2D eigenvalue weighted by molar-refractivity contribution is 8.00. The lowest BCUT2D eigenvalue weighted by atomic mass is 10.1. The van der Waals surface area contributed by atoms with Gasteiger partial charge in [0.05, 0.1) is 16.3 Å². The Morgan fingerprint density at radius 1 is 0.951 bits per heavy atom. The van der Waals surface area contributed by atoms with Crippen LogP contribution in [0.5, 0.6) is 0 Å². The molecule has 1 aliphatic rings. The standard InChI is InChI=1S/C31H28ClN3O4S2/c1-21-27(32)8-5-9-28(21)34-41(38,39)26-16-14-25(15-17-26)33-30(37)23-10-12-24(13-11-23)31-35(29(36)20-40-31)19-18-22-6-3-2-4-7-22/h2-17,31,34H,18-20H2,1H3,(H,33,37)/t31-/m0/s1. The van der Waals surface area contributed by atoms with Crippen LogP contribution in [0, 0.1) is 6.92 Å². The first-order valence-corrected chi connectivity index (χ1v) is 15.9. The van der Waals surface area contributed by atoms with Gasteiger partial charge < -0.3 is 10.2 Å². The SMILES string of the molecule is Cc1c(Cl)cccc1NS(=O)(=O)c1ccc(NC(=O)c2ccc([C@@H]3SCC(=O)N3CCc3ccccc3)cc2)cc1. The van der Waals surface area contributed by atoms with Gasteiger partial charge in [0.25, 0.3) is 15.9 Å². The summed E-state index contributed by atoms with van der Waals surface area (Å²) < 4.78 is 28.3. The van der Waals surface area contributed by atoms with Crippen LogP contribution in [0.3, 0.4) is 0 Å². The minimum atomic E-state index is -3.84. The molecule has 1 fully saturated rings. The van der Waals surface area contributed by atoms with E-state index in [0.29, 0.717) is 39.8 Å². The van der Waals surface area contributed by atoms with Crippen LogP contribution in [0.2, 0.25) is 5.02 Å². The topological polar surface area (TPSA) is 95.6 Å². The van der Waals surface area contributed by atoms with Gasteiger partial charge in [-0.1, -0.05) is 60.1 Å².